The average molecular weight is 293 g/mol. The molecule has 1 heterocycles. The molecule has 6 heteroatoms. The number of alkyl halides is 1. The Bertz CT molecular complexity index is 569. The van der Waals surface area contributed by atoms with Crippen molar-refractivity contribution in [1.29, 1.82) is 0 Å². The van der Waals surface area contributed by atoms with E-state index in [9.17, 15) is 0 Å². The summed E-state index contributed by atoms with van der Waals surface area (Å²) in [6.07, 6.45) is 3.89. The molecule has 0 N–H and O–H groups in total. The number of azo groups is 1. The molecule has 0 fully saturated rings. The summed E-state index contributed by atoms with van der Waals surface area (Å²) in [5.74, 6) is 1.41. The van der Waals surface area contributed by atoms with Crippen LogP contribution < -0.4 is 9.47 Å². The molecule has 0 unspecified atom stereocenters. The van der Waals surface area contributed by atoms with Crippen LogP contribution in [0.1, 0.15) is 0 Å². The summed E-state index contributed by atoms with van der Waals surface area (Å²) >= 11 is 5.73. The molecule has 2 rings (SSSR count). The predicted molar refractivity (Wildman–Crippen MR) is 81.2 cm³/mol. The molecule has 0 amide bonds. The van der Waals surface area contributed by atoms with Crippen LogP contribution in [-0.2, 0) is 14.1 Å². The number of rotatable bonds is 5. The molecule has 20 heavy (non-hydrogen) atoms. The maximum Gasteiger partial charge on any atom is 0.421 e. The number of aryl methyl sites for hydroxylation is 2. The van der Waals surface area contributed by atoms with Crippen molar-refractivity contribution in [2.45, 2.75) is 0 Å². The van der Waals surface area contributed by atoms with Gasteiger partial charge in [0.2, 0.25) is 0 Å². The summed E-state index contributed by atoms with van der Waals surface area (Å²) in [7, 11) is 5.90. The summed E-state index contributed by atoms with van der Waals surface area (Å²) < 4.78 is 3.85. The zero-order valence-electron chi connectivity index (χ0n) is 12.0. The standard InChI is InChI=1S/C14H19ClN5/c1-18(9-8-15)13-6-4-12(5-7-13)16-17-14-19(2)10-11-20(14)3/h4-7,10-11H,8-9H2,1-3H3/q+1. The first-order valence-corrected chi connectivity index (χ1v) is 6.95. The molecule has 0 spiro atoms. The van der Waals surface area contributed by atoms with Gasteiger partial charge in [0.1, 0.15) is 5.69 Å². The van der Waals surface area contributed by atoms with Crippen LogP contribution in [0, 0.1) is 0 Å². The van der Waals surface area contributed by atoms with Crippen molar-refractivity contribution in [1.82, 2.24) is 4.57 Å². The molecule has 1 aromatic carbocycles. The highest BCUT2D eigenvalue weighted by Crippen LogP contribution is 2.20. The zero-order chi connectivity index (χ0) is 14.5. The summed E-state index contributed by atoms with van der Waals surface area (Å²) in [4.78, 5) is 2.10. The molecule has 1 aromatic heterocycles. The molecule has 0 atom stereocenters. The van der Waals surface area contributed by atoms with Crippen molar-refractivity contribution >= 4 is 28.9 Å². The Morgan fingerprint density at radius 3 is 2.50 bits per heavy atom. The van der Waals surface area contributed by atoms with Crippen LogP contribution in [0.5, 0.6) is 0 Å². The van der Waals surface area contributed by atoms with Crippen LogP contribution in [0.25, 0.3) is 0 Å². The van der Waals surface area contributed by atoms with E-state index in [0.29, 0.717) is 5.88 Å². The van der Waals surface area contributed by atoms with Gasteiger partial charge in [-0.15, -0.1) is 11.6 Å². The summed E-state index contributed by atoms with van der Waals surface area (Å²) in [5.41, 5.74) is 1.95. The van der Waals surface area contributed by atoms with Gasteiger partial charge in [-0.1, -0.05) is 5.11 Å². The van der Waals surface area contributed by atoms with Crippen molar-refractivity contribution in [2.75, 3.05) is 24.4 Å². The lowest BCUT2D eigenvalue weighted by Gasteiger charge is -2.17. The van der Waals surface area contributed by atoms with Gasteiger partial charge in [-0.3, -0.25) is 0 Å². The first kappa shape index (κ1) is 14.5. The number of benzene rings is 1. The van der Waals surface area contributed by atoms with Crippen LogP contribution in [0.4, 0.5) is 17.3 Å². The van der Waals surface area contributed by atoms with Crippen LogP contribution in [-0.4, -0.2) is 24.0 Å². The normalized spacial score (nSPS) is 11.2. The Balaban J connectivity index is 2.11. The summed E-state index contributed by atoms with van der Waals surface area (Å²) in [5, 5.41) is 8.52. The zero-order valence-corrected chi connectivity index (χ0v) is 12.7. The topological polar surface area (TPSA) is 36.8 Å². The number of anilines is 1. The quantitative estimate of drug-likeness (QED) is 0.474. The third-order valence-corrected chi connectivity index (χ3v) is 3.28. The minimum absolute atomic E-state index is 0.613. The third kappa shape index (κ3) is 3.36. The highest BCUT2D eigenvalue weighted by atomic mass is 35.5. The van der Waals surface area contributed by atoms with E-state index < -0.39 is 0 Å². The fourth-order valence-electron chi connectivity index (χ4n) is 1.86. The smallest absolute Gasteiger partial charge is 0.373 e. The van der Waals surface area contributed by atoms with Gasteiger partial charge in [-0.2, -0.15) is 0 Å². The maximum atomic E-state index is 5.73. The highest BCUT2D eigenvalue weighted by molar-refractivity contribution is 6.18. The number of hydrogen-bond acceptors (Lipinski definition) is 3. The van der Waals surface area contributed by atoms with Crippen LogP contribution in [0.2, 0.25) is 0 Å². The van der Waals surface area contributed by atoms with Gasteiger partial charge < -0.3 is 4.90 Å². The van der Waals surface area contributed by atoms with E-state index in [1.807, 2.05) is 66.9 Å². The average Bonchev–Trinajstić information content (AvgIpc) is 2.77. The molecular formula is C14H19ClN5+. The van der Waals surface area contributed by atoms with Gasteiger partial charge in [-0.25, -0.2) is 9.13 Å². The fourth-order valence-corrected chi connectivity index (χ4v) is 2.11. The second-order valence-corrected chi connectivity index (χ2v) is 5.02. The lowest BCUT2D eigenvalue weighted by molar-refractivity contribution is -0.657. The molecule has 0 aliphatic rings. The Morgan fingerprint density at radius 2 is 1.95 bits per heavy atom. The van der Waals surface area contributed by atoms with Crippen LogP contribution in [0.3, 0.4) is 0 Å². The first-order valence-electron chi connectivity index (χ1n) is 6.41. The van der Waals surface area contributed by atoms with E-state index in [4.69, 9.17) is 11.6 Å². The minimum atomic E-state index is 0.613. The molecule has 5 nitrogen and oxygen atoms in total. The monoisotopic (exact) mass is 292 g/mol. The Labute approximate surface area is 124 Å². The lowest BCUT2D eigenvalue weighted by Crippen LogP contribution is -2.25. The number of nitrogens with zero attached hydrogens (tertiary/aromatic N) is 5. The summed E-state index contributed by atoms with van der Waals surface area (Å²) in [6, 6.07) is 7.94. The molecule has 0 aliphatic heterocycles. The van der Waals surface area contributed by atoms with Crippen molar-refractivity contribution in [2.24, 2.45) is 24.3 Å². The van der Waals surface area contributed by atoms with Crippen molar-refractivity contribution in [3.8, 4) is 0 Å². The minimum Gasteiger partial charge on any atom is -0.373 e. The Morgan fingerprint density at radius 1 is 1.25 bits per heavy atom. The van der Waals surface area contributed by atoms with Gasteiger partial charge in [0.05, 0.1) is 26.5 Å². The molecule has 0 saturated carbocycles. The Kier molecular flexibility index (Phi) is 4.74. The molecule has 0 saturated heterocycles. The molecular weight excluding hydrogens is 274 g/mol. The molecule has 2 aromatic rings. The van der Waals surface area contributed by atoms with E-state index in [-0.39, 0.29) is 0 Å². The predicted octanol–water partition coefficient (Wildman–Crippen LogP) is 2.94. The maximum absolute atomic E-state index is 5.73. The van der Waals surface area contributed by atoms with Crippen molar-refractivity contribution in [3.63, 3.8) is 0 Å². The number of aromatic nitrogens is 2. The summed E-state index contributed by atoms with van der Waals surface area (Å²) in [6.45, 7) is 0.821. The molecule has 0 aliphatic carbocycles. The SMILES string of the molecule is CN(CCCl)c1ccc(/N=N/c2n(C)cc[n+]2C)cc1. The van der Waals surface area contributed by atoms with Crippen LogP contribution >= 0.6 is 11.6 Å². The first-order chi connectivity index (χ1) is 9.61. The van der Waals surface area contributed by atoms with E-state index in [0.717, 1.165) is 23.9 Å². The van der Waals surface area contributed by atoms with Crippen molar-refractivity contribution in [3.05, 3.63) is 36.7 Å². The third-order valence-electron chi connectivity index (χ3n) is 3.11. The second-order valence-electron chi connectivity index (χ2n) is 4.65. The molecule has 106 valence electrons. The number of halogens is 1. The number of imidazole rings is 1. The van der Waals surface area contributed by atoms with E-state index in [1.165, 1.54) is 0 Å². The number of hydrogen-bond donors (Lipinski definition) is 0. The lowest BCUT2D eigenvalue weighted by atomic mass is 10.2. The molecule has 0 radical (unpaired) electrons. The largest absolute Gasteiger partial charge is 0.421 e. The van der Waals surface area contributed by atoms with Gasteiger partial charge in [-0.05, 0) is 24.3 Å². The van der Waals surface area contributed by atoms with Gasteiger partial charge in [0.25, 0.3) is 0 Å². The van der Waals surface area contributed by atoms with E-state index in [2.05, 4.69) is 15.1 Å². The highest BCUT2D eigenvalue weighted by Gasteiger charge is 2.10. The van der Waals surface area contributed by atoms with Crippen molar-refractivity contribution < 1.29 is 4.57 Å². The van der Waals surface area contributed by atoms with Gasteiger partial charge in [0.15, 0.2) is 0 Å². The second kappa shape index (κ2) is 6.52. The van der Waals surface area contributed by atoms with E-state index in [1.54, 1.807) is 0 Å². The van der Waals surface area contributed by atoms with E-state index >= 15 is 0 Å². The Hall–Kier alpha value is -1.88. The van der Waals surface area contributed by atoms with Crippen LogP contribution in [0.15, 0.2) is 46.9 Å². The van der Waals surface area contributed by atoms with Gasteiger partial charge in [0, 0.05) is 30.3 Å². The molecule has 0 bridgehead atoms. The van der Waals surface area contributed by atoms with Gasteiger partial charge >= 0.3 is 5.95 Å². The fraction of sp³-hybridized carbons (Fsp3) is 0.357.